The van der Waals surface area contributed by atoms with E-state index in [1.165, 1.54) is 27.3 Å². The molecule has 3 aromatic rings. The topological polar surface area (TPSA) is 41.4 Å². The van der Waals surface area contributed by atoms with Crippen molar-refractivity contribution in [2.75, 3.05) is 24.5 Å². The van der Waals surface area contributed by atoms with E-state index >= 15 is 0 Å². The molecule has 0 bridgehead atoms. The number of amides is 1. The van der Waals surface area contributed by atoms with E-state index in [1.807, 2.05) is 16.6 Å². The molecule has 0 aliphatic carbocycles. The lowest BCUT2D eigenvalue weighted by molar-refractivity contribution is 0.0719. The van der Waals surface area contributed by atoms with Crippen LogP contribution in [0, 0.1) is 13.8 Å². The van der Waals surface area contributed by atoms with Gasteiger partial charge in [-0.3, -0.25) is 9.48 Å². The second-order valence-corrected chi connectivity index (χ2v) is 9.74. The Morgan fingerprint density at radius 2 is 1.90 bits per heavy atom. The van der Waals surface area contributed by atoms with Gasteiger partial charge in [0.2, 0.25) is 0 Å². The lowest BCUT2D eigenvalue weighted by Gasteiger charge is -2.41. The quantitative estimate of drug-likeness (QED) is 0.591. The summed E-state index contributed by atoms with van der Waals surface area (Å²) < 4.78 is 1.90. The van der Waals surface area contributed by atoms with E-state index in [1.54, 1.807) is 11.8 Å². The van der Waals surface area contributed by atoms with Crippen molar-refractivity contribution in [3.05, 3.63) is 64.8 Å². The summed E-state index contributed by atoms with van der Waals surface area (Å²) in [5.41, 5.74) is 7.69. The minimum Gasteiger partial charge on any atom is -0.365 e. The molecule has 160 valence electrons. The summed E-state index contributed by atoms with van der Waals surface area (Å²) in [6.07, 6.45) is 0. The van der Waals surface area contributed by atoms with Gasteiger partial charge in [0.25, 0.3) is 5.91 Å². The van der Waals surface area contributed by atoms with Crippen LogP contribution in [0.5, 0.6) is 0 Å². The highest BCUT2D eigenvalue weighted by molar-refractivity contribution is 7.98. The molecule has 2 aliphatic heterocycles. The van der Waals surface area contributed by atoms with Crippen molar-refractivity contribution >= 4 is 23.4 Å². The monoisotopic (exact) mass is 432 g/mol. The third-order valence-electron chi connectivity index (χ3n) is 6.36. The number of carbonyl (C=O) groups is 1. The highest BCUT2D eigenvalue weighted by Crippen LogP contribution is 2.43. The number of nitrogens with zero attached hydrogens (tertiary/aromatic N) is 4. The number of aromatic nitrogens is 2. The molecule has 1 fully saturated rings. The number of rotatable bonds is 2. The normalized spacial score (nSPS) is 18.0. The van der Waals surface area contributed by atoms with Crippen LogP contribution in [0.25, 0.3) is 11.3 Å². The van der Waals surface area contributed by atoms with Gasteiger partial charge in [-0.25, -0.2) is 0 Å². The Kier molecular flexibility index (Phi) is 5.05. The van der Waals surface area contributed by atoms with Crippen LogP contribution >= 0.6 is 11.8 Å². The second kappa shape index (κ2) is 7.75. The van der Waals surface area contributed by atoms with E-state index in [4.69, 9.17) is 5.10 Å². The van der Waals surface area contributed by atoms with Crippen molar-refractivity contribution in [2.45, 2.75) is 37.5 Å². The van der Waals surface area contributed by atoms with Crippen molar-refractivity contribution in [1.82, 2.24) is 14.7 Å². The Balaban J connectivity index is 1.41. The first kappa shape index (κ1) is 20.2. The molecule has 1 aromatic heterocycles. The van der Waals surface area contributed by atoms with Crippen molar-refractivity contribution in [3.8, 4) is 11.3 Å². The van der Waals surface area contributed by atoms with Crippen LogP contribution in [-0.2, 0) is 12.8 Å². The van der Waals surface area contributed by atoms with Crippen LogP contribution in [0.3, 0.4) is 0 Å². The predicted molar refractivity (Wildman–Crippen MR) is 127 cm³/mol. The summed E-state index contributed by atoms with van der Waals surface area (Å²) in [5, 5.41) is 4.71. The van der Waals surface area contributed by atoms with Crippen molar-refractivity contribution in [3.63, 3.8) is 0 Å². The van der Waals surface area contributed by atoms with Crippen LogP contribution in [0.4, 0.5) is 5.69 Å². The summed E-state index contributed by atoms with van der Waals surface area (Å²) in [6, 6.07) is 15.4. The smallest absolute Gasteiger partial charge is 0.274 e. The molecule has 0 spiro atoms. The maximum Gasteiger partial charge on any atom is 0.274 e. The van der Waals surface area contributed by atoms with Crippen LogP contribution < -0.4 is 4.90 Å². The van der Waals surface area contributed by atoms with E-state index < -0.39 is 0 Å². The van der Waals surface area contributed by atoms with Gasteiger partial charge in [0.15, 0.2) is 5.69 Å². The zero-order chi connectivity index (χ0) is 21.7. The van der Waals surface area contributed by atoms with Gasteiger partial charge in [-0.2, -0.15) is 5.10 Å². The Labute approximate surface area is 188 Å². The first-order chi connectivity index (χ1) is 14.9. The molecule has 0 unspecified atom stereocenters. The zero-order valence-electron chi connectivity index (χ0n) is 18.6. The molecule has 2 aromatic carbocycles. The van der Waals surface area contributed by atoms with Crippen LogP contribution in [0.15, 0.2) is 47.4 Å². The van der Waals surface area contributed by atoms with E-state index in [2.05, 4.69) is 68.1 Å². The summed E-state index contributed by atoms with van der Waals surface area (Å²) in [5.74, 6) is 0.850. The number of carbonyl (C=O) groups excluding carboxylic acids is 1. The number of hydrogen-bond acceptors (Lipinski definition) is 4. The molecule has 1 amide bonds. The zero-order valence-corrected chi connectivity index (χ0v) is 19.4. The number of aryl methyl sites for hydroxylation is 3. The lowest BCUT2D eigenvalue weighted by Crippen LogP contribution is -2.54. The molecule has 0 radical (unpaired) electrons. The fourth-order valence-electron chi connectivity index (χ4n) is 4.80. The average Bonchev–Trinajstić information content (AvgIpc) is 3.10. The van der Waals surface area contributed by atoms with Gasteiger partial charge in [-0.1, -0.05) is 23.8 Å². The number of hydrogen-bond donors (Lipinski definition) is 0. The maximum absolute atomic E-state index is 13.5. The van der Waals surface area contributed by atoms with Gasteiger partial charge >= 0.3 is 0 Å². The Morgan fingerprint density at radius 3 is 2.68 bits per heavy atom. The molecule has 6 heteroatoms. The molecule has 1 atom stereocenters. The first-order valence-corrected chi connectivity index (χ1v) is 11.8. The summed E-state index contributed by atoms with van der Waals surface area (Å²) in [6.45, 7) is 8.69. The number of piperazine rings is 1. The molecule has 2 aliphatic rings. The van der Waals surface area contributed by atoms with Gasteiger partial charge in [0.05, 0.1) is 5.69 Å². The third-order valence-corrected chi connectivity index (χ3v) is 7.46. The van der Waals surface area contributed by atoms with Crippen molar-refractivity contribution < 1.29 is 4.79 Å². The van der Waals surface area contributed by atoms with Gasteiger partial charge in [-0.05, 0) is 50.6 Å². The predicted octanol–water partition coefficient (Wildman–Crippen LogP) is 4.66. The largest absolute Gasteiger partial charge is 0.365 e. The third kappa shape index (κ3) is 3.53. The van der Waals surface area contributed by atoms with Crippen LogP contribution in [-0.4, -0.2) is 46.3 Å². The van der Waals surface area contributed by atoms with E-state index in [0.717, 1.165) is 23.6 Å². The average molecular weight is 433 g/mol. The standard InChI is InChI=1S/C25H28N4OS/c1-16-6-5-7-19(12-16)29-11-10-28(14-18(29)3)25(30)23-21-15-31-22-9-8-17(2)13-20(22)24(21)27(4)26-23/h5-9,12-13,18H,10-11,14-15H2,1-4H3/t18-/m0/s1. The summed E-state index contributed by atoms with van der Waals surface area (Å²) >= 11 is 1.80. The number of benzene rings is 2. The molecule has 31 heavy (non-hydrogen) atoms. The number of fused-ring (bicyclic) bond motifs is 3. The fraction of sp³-hybridized carbons (Fsp3) is 0.360. The highest BCUT2D eigenvalue weighted by Gasteiger charge is 2.33. The van der Waals surface area contributed by atoms with Crippen molar-refractivity contribution in [1.29, 1.82) is 0 Å². The minimum absolute atomic E-state index is 0.0595. The molecule has 3 heterocycles. The second-order valence-electron chi connectivity index (χ2n) is 8.72. The van der Waals surface area contributed by atoms with Gasteiger partial charge in [-0.15, -0.1) is 11.8 Å². The first-order valence-electron chi connectivity index (χ1n) is 10.8. The Hall–Kier alpha value is -2.73. The SMILES string of the molecule is Cc1cccc(N2CCN(C(=O)c3nn(C)c4c3CSc3ccc(C)cc3-4)C[C@@H]2C)c1. The Bertz CT molecular complexity index is 1170. The summed E-state index contributed by atoms with van der Waals surface area (Å²) in [7, 11) is 1.95. The molecular formula is C25H28N4OS. The molecular weight excluding hydrogens is 404 g/mol. The van der Waals surface area contributed by atoms with E-state index in [-0.39, 0.29) is 11.9 Å². The van der Waals surface area contributed by atoms with E-state index in [9.17, 15) is 4.79 Å². The van der Waals surface area contributed by atoms with Gasteiger partial charge in [0.1, 0.15) is 0 Å². The molecule has 5 rings (SSSR count). The molecule has 1 saturated heterocycles. The maximum atomic E-state index is 13.5. The van der Waals surface area contributed by atoms with Crippen LogP contribution in [0.1, 0.15) is 34.1 Å². The van der Waals surface area contributed by atoms with Crippen molar-refractivity contribution in [2.24, 2.45) is 7.05 Å². The molecule has 5 nitrogen and oxygen atoms in total. The minimum atomic E-state index is 0.0595. The lowest BCUT2D eigenvalue weighted by atomic mass is 10.0. The number of thioether (sulfide) groups is 1. The highest BCUT2D eigenvalue weighted by atomic mass is 32.2. The molecule has 0 N–H and O–H groups in total. The van der Waals surface area contributed by atoms with Gasteiger partial charge in [0, 0.05) is 60.2 Å². The fourth-order valence-corrected chi connectivity index (χ4v) is 5.85. The Morgan fingerprint density at radius 1 is 1.10 bits per heavy atom. The van der Waals surface area contributed by atoms with E-state index in [0.29, 0.717) is 18.8 Å². The summed E-state index contributed by atoms with van der Waals surface area (Å²) in [4.78, 5) is 19.2. The molecule has 0 saturated carbocycles. The number of anilines is 1. The van der Waals surface area contributed by atoms with Crippen LogP contribution in [0.2, 0.25) is 0 Å². The van der Waals surface area contributed by atoms with Gasteiger partial charge < -0.3 is 9.80 Å².